The van der Waals surface area contributed by atoms with Gasteiger partial charge in [0.1, 0.15) is 0 Å². The normalized spacial score (nSPS) is 10.2. The van der Waals surface area contributed by atoms with Crippen LogP contribution in [0.4, 0.5) is 0 Å². The lowest BCUT2D eigenvalue weighted by Gasteiger charge is -2.13. The summed E-state index contributed by atoms with van der Waals surface area (Å²) in [5, 5.41) is 18.2. The van der Waals surface area contributed by atoms with Crippen molar-refractivity contribution in [3.8, 4) is 11.5 Å². The van der Waals surface area contributed by atoms with E-state index in [1.54, 1.807) is 6.07 Å². The van der Waals surface area contributed by atoms with E-state index in [-0.39, 0.29) is 12.2 Å². The Balaban J connectivity index is 3.12. The van der Waals surface area contributed by atoms with Gasteiger partial charge in [-0.3, -0.25) is 4.79 Å². The van der Waals surface area contributed by atoms with E-state index < -0.39 is 5.97 Å². The first kappa shape index (κ1) is 12.8. The second-order valence-electron chi connectivity index (χ2n) is 3.43. The summed E-state index contributed by atoms with van der Waals surface area (Å²) in [5.74, 6) is -0.463. The average Bonchev–Trinajstić information content (AvgIpc) is 2.16. The van der Waals surface area contributed by atoms with Gasteiger partial charge in [-0.2, -0.15) is 0 Å². The quantitative estimate of drug-likeness (QED) is 0.893. The predicted octanol–water partition coefficient (Wildman–Crippen LogP) is 2.49. The summed E-state index contributed by atoms with van der Waals surface area (Å²) in [5.41, 5.74) is 1.68. The minimum Gasteiger partial charge on any atom is -0.504 e. The number of carboxylic acids is 1. The number of ether oxygens (including phenoxy) is 1. The van der Waals surface area contributed by atoms with Crippen LogP contribution in [0.25, 0.3) is 0 Å². The number of phenolic OH excluding ortho intramolecular Hbond substituents is 1. The van der Waals surface area contributed by atoms with Crippen LogP contribution in [0.2, 0.25) is 0 Å². The van der Waals surface area contributed by atoms with Gasteiger partial charge in [0.25, 0.3) is 0 Å². The summed E-state index contributed by atoms with van der Waals surface area (Å²) in [7, 11) is 1.45. The van der Waals surface area contributed by atoms with Crippen molar-refractivity contribution in [3.05, 3.63) is 21.7 Å². The zero-order valence-electron chi connectivity index (χ0n) is 9.08. The molecule has 0 aromatic heterocycles. The average molecular weight is 289 g/mol. The first-order valence-electron chi connectivity index (χ1n) is 4.74. The van der Waals surface area contributed by atoms with Crippen LogP contribution >= 0.6 is 15.9 Å². The van der Waals surface area contributed by atoms with Gasteiger partial charge in [-0.1, -0.05) is 0 Å². The molecule has 4 nitrogen and oxygen atoms in total. The van der Waals surface area contributed by atoms with Crippen LogP contribution in [0.5, 0.6) is 11.5 Å². The highest BCUT2D eigenvalue weighted by Crippen LogP contribution is 2.39. The van der Waals surface area contributed by atoms with Crippen molar-refractivity contribution in [2.45, 2.75) is 19.8 Å². The molecule has 2 N–H and O–H groups in total. The van der Waals surface area contributed by atoms with Crippen molar-refractivity contribution in [1.29, 1.82) is 0 Å². The van der Waals surface area contributed by atoms with Crippen LogP contribution in [0.15, 0.2) is 10.5 Å². The number of benzene rings is 1. The van der Waals surface area contributed by atoms with E-state index in [1.807, 2.05) is 6.92 Å². The third-order valence-corrected chi connectivity index (χ3v) is 3.16. The fourth-order valence-corrected chi connectivity index (χ4v) is 2.39. The molecule has 0 bridgehead atoms. The minimum absolute atomic E-state index is 0.0472. The first-order chi connectivity index (χ1) is 7.47. The fraction of sp³-hybridized carbons (Fsp3) is 0.364. The van der Waals surface area contributed by atoms with E-state index in [0.29, 0.717) is 16.6 Å². The van der Waals surface area contributed by atoms with Crippen LogP contribution < -0.4 is 4.74 Å². The van der Waals surface area contributed by atoms with Crippen LogP contribution in [0.3, 0.4) is 0 Å². The summed E-state index contributed by atoms with van der Waals surface area (Å²) in [4.78, 5) is 10.5. The van der Waals surface area contributed by atoms with Gasteiger partial charge in [0.15, 0.2) is 11.5 Å². The summed E-state index contributed by atoms with van der Waals surface area (Å²) in [6, 6.07) is 1.57. The molecule has 1 aromatic rings. The van der Waals surface area contributed by atoms with Crippen molar-refractivity contribution in [2.75, 3.05) is 7.11 Å². The lowest BCUT2D eigenvalue weighted by Crippen LogP contribution is -2.01. The summed E-state index contributed by atoms with van der Waals surface area (Å²) in [6.45, 7) is 1.82. The smallest absolute Gasteiger partial charge is 0.303 e. The number of halogens is 1. The highest BCUT2D eigenvalue weighted by molar-refractivity contribution is 9.10. The molecule has 88 valence electrons. The highest BCUT2D eigenvalue weighted by atomic mass is 79.9. The standard InChI is InChI=1S/C11H13BrO4/c1-6-5-8(13)11(16-2)10(12)7(6)3-4-9(14)15/h5,13H,3-4H2,1-2H3,(H,14,15). The van der Waals surface area contributed by atoms with Gasteiger partial charge in [-0.25, -0.2) is 0 Å². The number of aryl methyl sites for hydroxylation is 1. The number of phenols is 1. The maximum atomic E-state index is 10.5. The Labute approximate surface area is 102 Å². The number of methoxy groups -OCH3 is 1. The van der Waals surface area contributed by atoms with E-state index >= 15 is 0 Å². The molecule has 0 atom stereocenters. The Morgan fingerprint density at radius 3 is 2.69 bits per heavy atom. The lowest BCUT2D eigenvalue weighted by atomic mass is 10.0. The van der Waals surface area contributed by atoms with Crippen LogP contribution in [-0.2, 0) is 11.2 Å². The molecule has 0 amide bonds. The Bertz CT molecular complexity index is 415. The third-order valence-electron chi connectivity index (χ3n) is 2.32. The Kier molecular flexibility index (Phi) is 4.18. The van der Waals surface area contributed by atoms with Gasteiger partial charge in [0.2, 0.25) is 0 Å². The first-order valence-corrected chi connectivity index (χ1v) is 5.53. The fourth-order valence-electron chi connectivity index (χ4n) is 1.51. The topological polar surface area (TPSA) is 66.8 Å². The zero-order chi connectivity index (χ0) is 12.3. The number of aromatic hydroxyl groups is 1. The lowest BCUT2D eigenvalue weighted by molar-refractivity contribution is -0.136. The SMILES string of the molecule is COc1c(O)cc(C)c(CCC(=O)O)c1Br. The number of carboxylic acid groups (broad SMARTS) is 1. The molecule has 0 saturated heterocycles. The summed E-state index contributed by atoms with van der Waals surface area (Å²) < 4.78 is 5.65. The molecule has 0 aliphatic rings. The molecular formula is C11H13BrO4. The Hall–Kier alpha value is -1.23. The Morgan fingerprint density at radius 1 is 1.56 bits per heavy atom. The molecular weight excluding hydrogens is 276 g/mol. The van der Waals surface area contributed by atoms with Gasteiger partial charge in [0.05, 0.1) is 11.6 Å². The molecule has 0 aliphatic heterocycles. The number of carbonyl (C=O) groups is 1. The maximum absolute atomic E-state index is 10.5. The molecule has 0 heterocycles. The van der Waals surface area contributed by atoms with Crippen LogP contribution in [-0.4, -0.2) is 23.3 Å². The number of hydrogen-bond donors (Lipinski definition) is 2. The molecule has 5 heteroatoms. The highest BCUT2D eigenvalue weighted by Gasteiger charge is 2.15. The number of rotatable bonds is 4. The molecule has 0 spiro atoms. The zero-order valence-corrected chi connectivity index (χ0v) is 10.7. The second-order valence-corrected chi connectivity index (χ2v) is 4.23. The maximum Gasteiger partial charge on any atom is 0.303 e. The molecule has 1 aromatic carbocycles. The minimum atomic E-state index is -0.849. The number of aliphatic carboxylic acids is 1. The molecule has 0 fully saturated rings. The largest absolute Gasteiger partial charge is 0.504 e. The van der Waals surface area contributed by atoms with Gasteiger partial charge >= 0.3 is 5.97 Å². The van der Waals surface area contributed by atoms with Gasteiger partial charge in [-0.05, 0) is 46.5 Å². The molecule has 0 unspecified atom stereocenters. The van der Waals surface area contributed by atoms with Crippen LogP contribution in [0.1, 0.15) is 17.5 Å². The van der Waals surface area contributed by atoms with E-state index in [2.05, 4.69) is 15.9 Å². The van der Waals surface area contributed by atoms with Gasteiger partial charge in [-0.15, -0.1) is 0 Å². The van der Waals surface area contributed by atoms with E-state index in [9.17, 15) is 9.90 Å². The van der Waals surface area contributed by atoms with Crippen molar-refractivity contribution < 1.29 is 19.7 Å². The van der Waals surface area contributed by atoms with Crippen molar-refractivity contribution in [1.82, 2.24) is 0 Å². The second kappa shape index (κ2) is 5.21. The monoisotopic (exact) mass is 288 g/mol. The van der Waals surface area contributed by atoms with E-state index in [4.69, 9.17) is 9.84 Å². The van der Waals surface area contributed by atoms with Crippen molar-refractivity contribution >= 4 is 21.9 Å². The van der Waals surface area contributed by atoms with Crippen molar-refractivity contribution in [2.24, 2.45) is 0 Å². The summed E-state index contributed by atoms with van der Waals surface area (Å²) >= 11 is 3.32. The molecule has 0 saturated carbocycles. The van der Waals surface area contributed by atoms with Gasteiger partial charge in [0, 0.05) is 6.42 Å². The predicted molar refractivity (Wildman–Crippen MR) is 63.1 cm³/mol. The molecule has 1 rings (SSSR count). The molecule has 16 heavy (non-hydrogen) atoms. The van der Waals surface area contributed by atoms with Gasteiger partial charge < -0.3 is 14.9 Å². The van der Waals surface area contributed by atoms with E-state index in [1.165, 1.54) is 7.11 Å². The number of hydrogen-bond acceptors (Lipinski definition) is 3. The molecule has 0 aliphatic carbocycles. The Morgan fingerprint density at radius 2 is 2.19 bits per heavy atom. The van der Waals surface area contributed by atoms with Crippen molar-refractivity contribution in [3.63, 3.8) is 0 Å². The summed E-state index contributed by atoms with van der Waals surface area (Å²) in [6.07, 6.45) is 0.450. The van der Waals surface area contributed by atoms with Crippen LogP contribution in [0, 0.1) is 6.92 Å². The third kappa shape index (κ3) is 2.66. The molecule has 0 radical (unpaired) electrons. The van der Waals surface area contributed by atoms with E-state index in [0.717, 1.165) is 11.1 Å².